The van der Waals surface area contributed by atoms with Crippen molar-refractivity contribution in [2.45, 2.75) is 6.92 Å². The largest absolute Gasteiger partial charge is 0.494 e. The Kier molecular flexibility index (Phi) is 3.09. The van der Waals surface area contributed by atoms with Crippen molar-refractivity contribution >= 4 is 26.7 Å². The molecule has 2 heterocycles. The van der Waals surface area contributed by atoms with Crippen LogP contribution < -0.4 is 9.64 Å². The monoisotopic (exact) mass is 264 g/mol. The zero-order valence-corrected chi connectivity index (χ0v) is 11.4. The number of aromatic nitrogens is 1. The SMILES string of the molecule is COc1ccc(C)c2sc(N3CCOCC3)nc12. The van der Waals surface area contributed by atoms with Crippen molar-refractivity contribution < 1.29 is 9.47 Å². The highest BCUT2D eigenvalue weighted by Gasteiger charge is 2.17. The zero-order valence-electron chi connectivity index (χ0n) is 10.6. The number of benzene rings is 1. The maximum atomic E-state index is 5.38. The summed E-state index contributed by atoms with van der Waals surface area (Å²) in [7, 11) is 1.69. The molecule has 0 spiro atoms. The number of aryl methyl sites for hydroxylation is 1. The molecule has 1 aromatic carbocycles. The van der Waals surface area contributed by atoms with Crippen LogP contribution in [0.2, 0.25) is 0 Å². The maximum Gasteiger partial charge on any atom is 0.186 e. The molecule has 2 aromatic rings. The fourth-order valence-corrected chi connectivity index (χ4v) is 3.26. The van der Waals surface area contributed by atoms with Crippen molar-refractivity contribution in [1.29, 1.82) is 0 Å². The molecule has 0 bridgehead atoms. The number of anilines is 1. The van der Waals surface area contributed by atoms with E-state index in [0.29, 0.717) is 0 Å². The molecule has 5 heteroatoms. The van der Waals surface area contributed by atoms with Gasteiger partial charge in [-0.15, -0.1) is 0 Å². The molecule has 1 saturated heterocycles. The predicted molar refractivity (Wildman–Crippen MR) is 73.9 cm³/mol. The summed E-state index contributed by atoms with van der Waals surface area (Å²) in [6, 6.07) is 4.07. The third-order valence-electron chi connectivity index (χ3n) is 3.19. The normalized spacial score (nSPS) is 16.2. The van der Waals surface area contributed by atoms with Crippen LogP contribution in [0.4, 0.5) is 5.13 Å². The number of nitrogens with zero attached hydrogens (tertiary/aromatic N) is 2. The summed E-state index contributed by atoms with van der Waals surface area (Å²) >= 11 is 1.74. The molecule has 96 valence electrons. The molecule has 1 fully saturated rings. The summed E-state index contributed by atoms with van der Waals surface area (Å²) in [4.78, 5) is 7.02. The Morgan fingerprint density at radius 3 is 2.83 bits per heavy atom. The molecule has 1 aliphatic rings. The van der Waals surface area contributed by atoms with E-state index in [1.165, 1.54) is 10.3 Å². The van der Waals surface area contributed by atoms with Gasteiger partial charge in [-0.25, -0.2) is 4.98 Å². The quantitative estimate of drug-likeness (QED) is 0.834. The third kappa shape index (κ3) is 1.93. The van der Waals surface area contributed by atoms with Crippen molar-refractivity contribution in [3.63, 3.8) is 0 Å². The average Bonchev–Trinajstić information content (AvgIpc) is 2.86. The smallest absolute Gasteiger partial charge is 0.186 e. The first kappa shape index (κ1) is 11.7. The second-order valence-electron chi connectivity index (χ2n) is 4.36. The molecule has 0 radical (unpaired) electrons. The lowest BCUT2D eigenvalue weighted by atomic mass is 10.2. The Bertz CT molecular complexity index is 561. The molecule has 4 nitrogen and oxygen atoms in total. The lowest BCUT2D eigenvalue weighted by molar-refractivity contribution is 0.122. The summed E-state index contributed by atoms with van der Waals surface area (Å²) in [6.45, 7) is 5.52. The van der Waals surface area contributed by atoms with Gasteiger partial charge in [0.2, 0.25) is 0 Å². The number of ether oxygens (including phenoxy) is 2. The van der Waals surface area contributed by atoms with Crippen LogP contribution in [0.15, 0.2) is 12.1 Å². The van der Waals surface area contributed by atoms with Crippen molar-refractivity contribution in [3.05, 3.63) is 17.7 Å². The highest BCUT2D eigenvalue weighted by Crippen LogP contribution is 2.36. The lowest BCUT2D eigenvalue weighted by Crippen LogP contribution is -2.36. The third-order valence-corrected chi connectivity index (χ3v) is 4.45. The minimum Gasteiger partial charge on any atom is -0.494 e. The van der Waals surface area contributed by atoms with Crippen LogP contribution in [0.25, 0.3) is 10.2 Å². The fourth-order valence-electron chi connectivity index (χ4n) is 2.15. The van der Waals surface area contributed by atoms with E-state index < -0.39 is 0 Å². The fraction of sp³-hybridized carbons (Fsp3) is 0.462. The van der Waals surface area contributed by atoms with Gasteiger partial charge in [0.05, 0.1) is 25.0 Å². The van der Waals surface area contributed by atoms with Gasteiger partial charge in [-0.1, -0.05) is 17.4 Å². The Morgan fingerprint density at radius 1 is 1.33 bits per heavy atom. The molecule has 3 rings (SSSR count). The van der Waals surface area contributed by atoms with Crippen LogP contribution in [0.1, 0.15) is 5.56 Å². The standard InChI is InChI=1S/C13H16N2O2S/c1-9-3-4-10(16-2)11-12(9)18-13(14-11)15-5-7-17-8-6-15/h3-4H,5-8H2,1-2H3. The number of morpholine rings is 1. The molecular formula is C13H16N2O2S. The molecular weight excluding hydrogens is 248 g/mol. The topological polar surface area (TPSA) is 34.6 Å². The molecule has 0 amide bonds. The number of hydrogen-bond acceptors (Lipinski definition) is 5. The van der Waals surface area contributed by atoms with E-state index in [0.717, 1.165) is 42.7 Å². The first-order valence-electron chi connectivity index (χ1n) is 6.06. The van der Waals surface area contributed by atoms with Crippen molar-refractivity contribution in [2.24, 2.45) is 0 Å². The Labute approximate surface area is 110 Å². The Hall–Kier alpha value is -1.33. The second-order valence-corrected chi connectivity index (χ2v) is 5.34. The summed E-state index contributed by atoms with van der Waals surface area (Å²) < 4.78 is 12.0. The van der Waals surface area contributed by atoms with E-state index in [1.54, 1.807) is 18.4 Å². The van der Waals surface area contributed by atoms with Crippen LogP contribution in [0, 0.1) is 6.92 Å². The first-order valence-corrected chi connectivity index (χ1v) is 6.88. The van der Waals surface area contributed by atoms with Gasteiger partial charge in [0.1, 0.15) is 11.3 Å². The predicted octanol–water partition coefficient (Wildman–Crippen LogP) is 2.45. The Morgan fingerprint density at radius 2 is 2.11 bits per heavy atom. The van der Waals surface area contributed by atoms with E-state index >= 15 is 0 Å². The van der Waals surface area contributed by atoms with Gasteiger partial charge in [0, 0.05) is 13.1 Å². The van der Waals surface area contributed by atoms with E-state index in [4.69, 9.17) is 14.5 Å². The summed E-state index contributed by atoms with van der Waals surface area (Å²) in [5.74, 6) is 0.853. The molecule has 1 aliphatic heterocycles. The lowest BCUT2D eigenvalue weighted by Gasteiger charge is -2.25. The first-order chi connectivity index (χ1) is 8.79. The van der Waals surface area contributed by atoms with Gasteiger partial charge in [-0.3, -0.25) is 0 Å². The zero-order chi connectivity index (χ0) is 12.5. The van der Waals surface area contributed by atoms with Gasteiger partial charge < -0.3 is 14.4 Å². The van der Waals surface area contributed by atoms with Crippen LogP contribution in [0.3, 0.4) is 0 Å². The highest BCUT2D eigenvalue weighted by atomic mass is 32.1. The summed E-state index contributed by atoms with van der Waals surface area (Å²) in [6.07, 6.45) is 0. The summed E-state index contributed by atoms with van der Waals surface area (Å²) in [5.41, 5.74) is 2.23. The summed E-state index contributed by atoms with van der Waals surface area (Å²) in [5, 5.41) is 1.07. The number of hydrogen-bond donors (Lipinski definition) is 0. The molecule has 0 saturated carbocycles. The molecule has 18 heavy (non-hydrogen) atoms. The number of thiazole rings is 1. The van der Waals surface area contributed by atoms with Crippen molar-refractivity contribution in [2.75, 3.05) is 38.3 Å². The number of methoxy groups -OCH3 is 1. The van der Waals surface area contributed by atoms with Crippen molar-refractivity contribution in [3.8, 4) is 5.75 Å². The second kappa shape index (κ2) is 4.74. The molecule has 0 unspecified atom stereocenters. The Balaban J connectivity index is 2.06. The highest BCUT2D eigenvalue weighted by molar-refractivity contribution is 7.22. The van der Waals surface area contributed by atoms with E-state index in [-0.39, 0.29) is 0 Å². The number of fused-ring (bicyclic) bond motifs is 1. The van der Waals surface area contributed by atoms with Gasteiger partial charge in [-0.05, 0) is 18.6 Å². The molecule has 0 aliphatic carbocycles. The van der Waals surface area contributed by atoms with Crippen molar-refractivity contribution in [1.82, 2.24) is 4.98 Å². The van der Waals surface area contributed by atoms with E-state index in [2.05, 4.69) is 17.9 Å². The average molecular weight is 264 g/mol. The number of rotatable bonds is 2. The van der Waals surface area contributed by atoms with E-state index in [9.17, 15) is 0 Å². The minimum absolute atomic E-state index is 0.784. The van der Waals surface area contributed by atoms with Gasteiger partial charge in [0.25, 0.3) is 0 Å². The van der Waals surface area contributed by atoms with Gasteiger partial charge in [-0.2, -0.15) is 0 Å². The minimum atomic E-state index is 0.784. The molecule has 0 N–H and O–H groups in total. The van der Waals surface area contributed by atoms with Crippen LogP contribution in [-0.2, 0) is 4.74 Å². The van der Waals surface area contributed by atoms with Crippen LogP contribution in [0.5, 0.6) is 5.75 Å². The molecule has 0 atom stereocenters. The van der Waals surface area contributed by atoms with Gasteiger partial charge in [0.15, 0.2) is 5.13 Å². The molecule has 1 aromatic heterocycles. The van der Waals surface area contributed by atoms with Gasteiger partial charge >= 0.3 is 0 Å². The van der Waals surface area contributed by atoms with Crippen LogP contribution in [-0.4, -0.2) is 38.4 Å². The van der Waals surface area contributed by atoms with E-state index in [1.807, 2.05) is 6.07 Å². The van der Waals surface area contributed by atoms with Crippen LogP contribution >= 0.6 is 11.3 Å². The maximum absolute atomic E-state index is 5.38.